The van der Waals surface area contributed by atoms with Crippen LogP contribution in [-0.4, -0.2) is 14.9 Å². The van der Waals surface area contributed by atoms with Gasteiger partial charge in [-0.25, -0.2) is 9.07 Å². The molecule has 0 atom stereocenters. The first-order valence-electron chi connectivity index (χ1n) is 6.03. The van der Waals surface area contributed by atoms with E-state index in [1.165, 1.54) is 6.07 Å². The predicted molar refractivity (Wildman–Crippen MR) is 68.3 cm³/mol. The molecule has 0 radical (unpaired) electrons. The van der Waals surface area contributed by atoms with Gasteiger partial charge in [-0.15, -0.1) is 0 Å². The normalized spacial score (nSPS) is 10.9. The maximum Gasteiger partial charge on any atom is 0.149 e. The van der Waals surface area contributed by atoms with Crippen molar-refractivity contribution in [1.82, 2.24) is 9.78 Å². The molecule has 0 aliphatic rings. The highest BCUT2D eigenvalue weighted by Gasteiger charge is 2.14. The van der Waals surface area contributed by atoms with Gasteiger partial charge in [-0.1, -0.05) is 13.0 Å². The molecule has 0 amide bonds. The van der Waals surface area contributed by atoms with Crippen LogP contribution in [0, 0.1) is 19.7 Å². The molecule has 1 aromatic carbocycles. The van der Waals surface area contributed by atoms with Crippen molar-refractivity contribution < 1.29 is 9.50 Å². The molecule has 0 bridgehead atoms. The lowest BCUT2D eigenvalue weighted by molar-refractivity contribution is 0.281. The number of aromatic nitrogens is 2. The maximum absolute atomic E-state index is 14.0. The Kier molecular flexibility index (Phi) is 3.48. The Hall–Kier alpha value is -1.68. The third kappa shape index (κ3) is 2.04. The number of aryl methyl sites for hydroxylation is 1. The first kappa shape index (κ1) is 12.8. The van der Waals surface area contributed by atoms with Gasteiger partial charge < -0.3 is 5.11 Å². The third-order valence-electron chi connectivity index (χ3n) is 3.22. The molecule has 96 valence electrons. The van der Waals surface area contributed by atoms with Gasteiger partial charge in [0, 0.05) is 5.69 Å². The quantitative estimate of drug-likeness (QED) is 0.906. The summed E-state index contributed by atoms with van der Waals surface area (Å²) in [6.07, 6.45) is 0.883. The summed E-state index contributed by atoms with van der Waals surface area (Å²) >= 11 is 0. The molecule has 0 aliphatic heterocycles. The van der Waals surface area contributed by atoms with E-state index in [9.17, 15) is 4.39 Å². The summed E-state index contributed by atoms with van der Waals surface area (Å²) in [6.45, 7) is 5.78. The van der Waals surface area contributed by atoms with Crippen LogP contribution >= 0.6 is 0 Å². The Bertz CT molecular complexity index is 575. The van der Waals surface area contributed by atoms with Gasteiger partial charge >= 0.3 is 0 Å². The fourth-order valence-electron chi connectivity index (χ4n) is 2.24. The molecule has 2 rings (SSSR count). The second kappa shape index (κ2) is 4.90. The maximum atomic E-state index is 14.0. The van der Waals surface area contributed by atoms with Crippen LogP contribution in [-0.2, 0) is 13.0 Å². The highest BCUT2D eigenvalue weighted by molar-refractivity contribution is 5.40. The van der Waals surface area contributed by atoms with Gasteiger partial charge in [0.2, 0.25) is 0 Å². The van der Waals surface area contributed by atoms with Crippen molar-refractivity contribution in [3.63, 3.8) is 0 Å². The summed E-state index contributed by atoms with van der Waals surface area (Å²) in [5.41, 5.74) is 4.04. The minimum Gasteiger partial charge on any atom is -0.392 e. The first-order valence-corrected chi connectivity index (χ1v) is 6.03. The van der Waals surface area contributed by atoms with Crippen LogP contribution in [0.15, 0.2) is 18.2 Å². The van der Waals surface area contributed by atoms with E-state index in [4.69, 9.17) is 5.11 Å². The smallest absolute Gasteiger partial charge is 0.149 e. The van der Waals surface area contributed by atoms with Gasteiger partial charge in [0.05, 0.1) is 12.3 Å². The third-order valence-corrected chi connectivity index (χ3v) is 3.22. The number of hydrogen-bond donors (Lipinski definition) is 1. The van der Waals surface area contributed by atoms with Crippen LogP contribution in [0.3, 0.4) is 0 Å². The molecule has 0 saturated heterocycles. The van der Waals surface area contributed by atoms with Gasteiger partial charge in [0.25, 0.3) is 0 Å². The van der Waals surface area contributed by atoms with E-state index in [0.29, 0.717) is 11.3 Å². The molecule has 0 spiro atoms. The Morgan fingerprint density at radius 3 is 2.56 bits per heavy atom. The molecular weight excluding hydrogens is 231 g/mol. The van der Waals surface area contributed by atoms with Gasteiger partial charge in [0.15, 0.2) is 0 Å². The molecule has 2 aromatic rings. The molecule has 0 aliphatic carbocycles. The number of nitrogens with zero attached hydrogens (tertiary/aromatic N) is 2. The number of aliphatic hydroxyl groups excluding tert-OH is 1. The van der Waals surface area contributed by atoms with Crippen LogP contribution in [0.5, 0.6) is 0 Å². The number of aliphatic hydroxyl groups is 1. The average molecular weight is 248 g/mol. The zero-order valence-corrected chi connectivity index (χ0v) is 10.9. The van der Waals surface area contributed by atoms with E-state index in [2.05, 4.69) is 12.0 Å². The SMILES string of the molecule is CCc1c(C)nn(-c2ccc(CO)cc2F)c1C. The summed E-state index contributed by atoms with van der Waals surface area (Å²) in [6, 6.07) is 4.71. The standard InChI is InChI=1S/C14H17FN2O/c1-4-12-9(2)16-17(10(12)3)14-6-5-11(8-18)7-13(14)15/h5-7,18H,4,8H2,1-3H3. The fourth-order valence-corrected chi connectivity index (χ4v) is 2.24. The molecule has 1 N–H and O–H groups in total. The molecule has 0 unspecified atom stereocenters. The summed E-state index contributed by atoms with van der Waals surface area (Å²) in [5, 5.41) is 13.4. The van der Waals surface area contributed by atoms with Crippen molar-refractivity contribution >= 4 is 0 Å². The lowest BCUT2D eigenvalue weighted by atomic mass is 10.1. The highest BCUT2D eigenvalue weighted by Crippen LogP contribution is 2.21. The predicted octanol–water partition coefficient (Wildman–Crippen LogP) is 2.68. The first-order chi connectivity index (χ1) is 8.58. The topological polar surface area (TPSA) is 38.0 Å². The molecule has 3 nitrogen and oxygen atoms in total. The van der Waals surface area contributed by atoms with Gasteiger partial charge in [-0.2, -0.15) is 5.10 Å². The Morgan fingerprint density at radius 2 is 2.06 bits per heavy atom. The zero-order chi connectivity index (χ0) is 13.3. The molecule has 0 fully saturated rings. The van der Waals surface area contributed by atoms with Crippen LogP contribution in [0.25, 0.3) is 5.69 Å². The van der Waals surface area contributed by atoms with Gasteiger partial charge in [-0.05, 0) is 43.5 Å². The minimum atomic E-state index is -0.366. The van der Waals surface area contributed by atoms with Gasteiger partial charge in [0.1, 0.15) is 11.5 Å². The Labute approximate surface area is 106 Å². The zero-order valence-electron chi connectivity index (χ0n) is 10.9. The summed E-state index contributed by atoms with van der Waals surface area (Å²) < 4.78 is 15.6. The van der Waals surface area contributed by atoms with Crippen molar-refractivity contribution in [2.75, 3.05) is 0 Å². The minimum absolute atomic E-state index is 0.158. The molecule has 0 saturated carbocycles. The number of hydrogen-bond acceptors (Lipinski definition) is 2. The molecule has 4 heteroatoms. The monoisotopic (exact) mass is 248 g/mol. The van der Waals surface area contributed by atoms with Crippen molar-refractivity contribution in [2.45, 2.75) is 33.8 Å². The van der Waals surface area contributed by atoms with Crippen LogP contribution in [0.2, 0.25) is 0 Å². The summed E-state index contributed by atoms with van der Waals surface area (Å²) in [4.78, 5) is 0. The average Bonchev–Trinajstić information content (AvgIpc) is 2.64. The fraction of sp³-hybridized carbons (Fsp3) is 0.357. The second-order valence-corrected chi connectivity index (χ2v) is 4.36. The van der Waals surface area contributed by atoms with Crippen molar-refractivity contribution in [2.24, 2.45) is 0 Å². The van der Waals surface area contributed by atoms with Gasteiger partial charge in [-0.3, -0.25) is 0 Å². The Balaban J connectivity index is 2.55. The van der Waals surface area contributed by atoms with Crippen LogP contribution < -0.4 is 0 Å². The van der Waals surface area contributed by atoms with E-state index < -0.39 is 0 Å². The van der Waals surface area contributed by atoms with Crippen LogP contribution in [0.1, 0.15) is 29.4 Å². The van der Waals surface area contributed by atoms with Crippen molar-refractivity contribution in [3.05, 3.63) is 46.5 Å². The molecule has 1 aromatic heterocycles. The van der Waals surface area contributed by atoms with Crippen molar-refractivity contribution in [3.8, 4) is 5.69 Å². The highest BCUT2D eigenvalue weighted by atomic mass is 19.1. The lowest BCUT2D eigenvalue weighted by Crippen LogP contribution is -2.03. The van der Waals surface area contributed by atoms with E-state index in [0.717, 1.165) is 23.4 Å². The number of rotatable bonds is 3. The van der Waals surface area contributed by atoms with Crippen molar-refractivity contribution in [1.29, 1.82) is 0 Å². The summed E-state index contributed by atoms with van der Waals surface area (Å²) in [7, 11) is 0. The largest absolute Gasteiger partial charge is 0.392 e. The van der Waals surface area contributed by atoms with E-state index in [-0.39, 0.29) is 12.4 Å². The number of benzene rings is 1. The lowest BCUT2D eigenvalue weighted by Gasteiger charge is -2.07. The molecule has 18 heavy (non-hydrogen) atoms. The molecular formula is C14H17FN2O. The second-order valence-electron chi connectivity index (χ2n) is 4.36. The molecule has 1 heterocycles. The number of halogens is 1. The summed E-state index contributed by atoms with van der Waals surface area (Å²) in [5.74, 6) is -0.366. The van der Waals surface area contributed by atoms with Crippen LogP contribution in [0.4, 0.5) is 4.39 Å². The van der Waals surface area contributed by atoms with E-state index >= 15 is 0 Å². The van der Waals surface area contributed by atoms with E-state index in [1.54, 1.807) is 16.8 Å². The van der Waals surface area contributed by atoms with E-state index in [1.807, 2.05) is 13.8 Å². The Morgan fingerprint density at radius 1 is 1.33 bits per heavy atom.